The number of hydrogen-bond acceptors (Lipinski definition) is 3. The molecule has 4 nitrogen and oxygen atoms in total. The van der Waals surface area contributed by atoms with E-state index in [4.69, 9.17) is 4.74 Å². The molecule has 0 N–H and O–H groups in total. The number of aryl methyl sites for hydroxylation is 1. The molecule has 122 valence electrons. The summed E-state index contributed by atoms with van der Waals surface area (Å²) in [7, 11) is 1.99. The topological polar surface area (TPSA) is 32.8 Å². The molecular formula is C18H28N2O2. The van der Waals surface area contributed by atoms with Gasteiger partial charge in [0.15, 0.2) is 0 Å². The minimum atomic E-state index is -0.0847. The highest BCUT2D eigenvalue weighted by molar-refractivity contribution is 5.81. The second-order valence-corrected chi connectivity index (χ2v) is 6.16. The lowest BCUT2D eigenvalue weighted by Crippen LogP contribution is -2.48. The van der Waals surface area contributed by atoms with E-state index in [0.29, 0.717) is 6.61 Å². The molecule has 0 aliphatic carbocycles. The molecule has 2 rings (SSSR count). The summed E-state index contributed by atoms with van der Waals surface area (Å²) < 4.78 is 5.82. The van der Waals surface area contributed by atoms with Gasteiger partial charge in [0, 0.05) is 19.6 Å². The normalized spacial score (nSPS) is 16.6. The Kier molecular flexibility index (Phi) is 6.25. The average Bonchev–Trinajstić information content (AvgIpc) is 2.56. The first-order valence-corrected chi connectivity index (χ1v) is 8.27. The molecule has 1 fully saturated rings. The van der Waals surface area contributed by atoms with E-state index in [-0.39, 0.29) is 11.9 Å². The standard InChI is InChI=1S/C18H28N2O2/c1-15-9-5-6-10-17(15)22-14-13-19(3)16(2)18(21)20-11-7-4-8-12-20/h5-6,9-10,16H,4,7-8,11-14H2,1-3H3. The van der Waals surface area contributed by atoms with Crippen LogP contribution in [0.3, 0.4) is 0 Å². The first-order valence-electron chi connectivity index (χ1n) is 8.27. The van der Waals surface area contributed by atoms with Crippen LogP contribution in [0.5, 0.6) is 5.75 Å². The number of piperidine rings is 1. The quantitative estimate of drug-likeness (QED) is 0.810. The van der Waals surface area contributed by atoms with Gasteiger partial charge in [0.1, 0.15) is 12.4 Å². The van der Waals surface area contributed by atoms with Crippen LogP contribution in [0.2, 0.25) is 0 Å². The van der Waals surface area contributed by atoms with E-state index in [1.54, 1.807) is 0 Å². The summed E-state index contributed by atoms with van der Waals surface area (Å²) >= 11 is 0. The Labute approximate surface area is 134 Å². The zero-order valence-corrected chi connectivity index (χ0v) is 14.0. The Morgan fingerprint density at radius 1 is 1.27 bits per heavy atom. The predicted octanol–water partition coefficient (Wildman–Crippen LogP) is 2.71. The Morgan fingerprint density at radius 3 is 2.64 bits per heavy atom. The summed E-state index contributed by atoms with van der Waals surface area (Å²) in [6.45, 7) is 7.20. The Morgan fingerprint density at radius 2 is 1.95 bits per heavy atom. The van der Waals surface area contributed by atoms with Crippen molar-refractivity contribution in [3.05, 3.63) is 29.8 Å². The zero-order chi connectivity index (χ0) is 15.9. The van der Waals surface area contributed by atoms with Gasteiger partial charge in [-0.3, -0.25) is 9.69 Å². The molecule has 1 aromatic rings. The van der Waals surface area contributed by atoms with Crippen molar-refractivity contribution in [3.8, 4) is 5.75 Å². The van der Waals surface area contributed by atoms with Gasteiger partial charge >= 0.3 is 0 Å². The predicted molar refractivity (Wildman–Crippen MR) is 89.2 cm³/mol. The van der Waals surface area contributed by atoms with E-state index >= 15 is 0 Å². The van der Waals surface area contributed by atoms with Crippen molar-refractivity contribution in [2.45, 2.75) is 39.2 Å². The monoisotopic (exact) mass is 304 g/mol. The maximum atomic E-state index is 12.5. The van der Waals surface area contributed by atoms with Gasteiger partial charge < -0.3 is 9.64 Å². The number of para-hydroxylation sites is 1. The first kappa shape index (κ1) is 16.8. The number of likely N-dealkylation sites (tertiary alicyclic amines) is 1. The third-order valence-corrected chi connectivity index (χ3v) is 4.48. The van der Waals surface area contributed by atoms with Gasteiger partial charge in [0.2, 0.25) is 5.91 Å². The number of carbonyl (C=O) groups is 1. The number of amides is 1. The molecule has 1 amide bonds. The van der Waals surface area contributed by atoms with Crippen molar-refractivity contribution >= 4 is 5.91 Å². The van der Waals surface area contributed by atoms with Crippen LogP contribution >= 0.6 is 0 Å². The number of ether oxygens (including phenoxy) is 1. The van der Waals surface area contributed by atoms with Crippen molar-refractivity contribution in [2.75, 3.05) is 33.3 Å². The first-order chi connectivity index (χ1) is 10.6. The van der Waals surface area contributed by atoms with Crippen LogP contribution < -0.4 is 4.74 Å². The van der Waals surface area contributed by atoms with E-state index in [0.717, 1.165) is 43.8 Å². The van der Waals surface area contributed by atoms with Crippen molar-refractivity contribution < 1.29 is 9.53 Å². The highest BCUT2D eigenvalue weighted by atomic mass is 16.5. The average molecular weight is 304 g/mol. The number of nitrogens with zero attached hydrogens (tertiary/aromatic N) is 2. The number of carbonyl (C=O) groups excluding carboxylic acids is 1. The minimum Gasteiger partial charge on any atom is -0.492 e. The molecule has 1 aromatic carbocycles. The number of rotatable bonds is 6. The summed E-state index contributed by atoms with van der Waals surface area (Å²) in [6, 6.07) is 7.93. The fourth-order valence-corrected chi connectivity index (χ4v) is 2.78. The lowest BCUT2D eigenvalue weighted by molar-refractivity contribution is -0.136. The van der Waals surface area contributed by atoms with Crippen LogP contribution in [0.15, 0.2) is 24.3 Å². The van der Waals surface area contributed by atoms with E-state index < -0.39 is 0 Å². The van der Waals surface area contributed by atoms with Gasteiger partial charge in [-0.25, -0.2) is 0 Å². The van der Waals surface area contributed by atoms with Crippen LogP contribution in [0, 0.1) is 6.92 Å². The van der Waals surface area contributed by atoms with Crippen LogP contribution in [-0.4, -0.2) is 55.0 Å². The summed E-state index contributed by atoms with van der Waals surface area (Å²) in [5.74, 6) is 1.17. The van der Waals surface area contributed by atoms with Crippen LogP contribution in [0.25, 0.3) is 0 Å². The van der Waals surface area contributed by atoms with Gasteiger partial charge in [-0.1, -0.05) is 18.2 Å². The molecular weight excluding hydrogens is 276 g/mol. The maximum Gasteiger partial charge on any atom is 0.239 e. The summed E-state index contributed by atoms with van der Waals surface area (Å²) in [5.41, 5.74) is 1.14. The van der Waals surface area contributed by atoms with E-state index in [1.807, 2.05) is 50.1 Å². The maximum absolute atomic E-state index is 12.5. The van der Waals surface area contributed by atoms with Crippen LogP contribution in [0.1, 0.15) is 31.7 Å². The third-order valence-electron chi connectivity index (χ3n) is 4.48. The molecule has 0 aromatic heterocycles. The van der Waals surface area contributed by atoms with Crippen molar-refractivity contribution in [1.82, 2.24) is 9.80 Å². The summed E-state index contributed by atoms with van der Waals surface area (Å²) in [6.07, 6.45) is 3.52. The molecule has 1 aliphatic rings. The van der Waals surface area contributed by atoms with Gasteiger partial charge in [-0.05, 0) is 51.8 Å². The molecule has 0 bridgehead atoms. The fraction of sp³-hybridized carbons (Fsp3) is 0.611. The summed E-state index contributed by atoms with van der Waals surface area (Å²) in [5, 5.41) is 0. The van der Waals surface area contributed by atoms with E-state index in [1.165, 1.54) is 6.42 Å². The van der Waals surface area contributed by atoms with E-state index in [9.17, 15) is 4.79 Å². The molecule has 1 aliphatic heterocycles. The molecule has 22 heavy (non-hydrogen) atoms. The lowest BCUT2D eigenvalue weighted by atomic mass is 10.1. The van der Waals surface area contributed by atoms with Crippen molar-refractivity contribution in [2.24, 2.45) is 0 Å². The van der Waals surface area contributed by atoms with Gasteiger partial charge in [0.25, 0.3) is 0 Å². The molecule has 1 unspecified atom stereocenters. The van der Waals surface area contributed by atoms with Gasteiger partial charge in [-0.2, -0.15) is 0 Å². The van der Waals surface area contributed by atoms with Crippen LogP contribution in [0.4, 0.5) is 0 Å². The Bertz CT molecular complexity index is 484. The van der Waals surface area contributed by atoms with E-state index in [2.05, 4.69) is 4.90 Å². The molecule has 1 heterocycles. The number of likely N-dealkylation sites (N-methyl/N-ethyl adjacent to an activating group) is 1. The van der Waals surface area contributed by atoms with Gasteiger partial charge in [0.05, 0.1) is 6.04 Å². The SMILES string of the molecule is Cc1ccccc1OCCN(C)C(C)C(=O)N1CCCCC1. The second-order valence-electron chi connectivity index (χ2n) is 6.16. The molecule has 1 atom stereocenters. The summed E-state index contributed by atoms with van der Waals surface area (Å²) in [4.78, 5) is 16.6. The highest BCUT2D eigenvalue weighted by Gasteiger charge is 2.24. The molecule has 4 heteroatoms. The number of benzene rings is 1. The highest BCUT2D eigenvalue weighted by Crippen LogP contribution is 2.16. The van der Waals surface area contributed by atoms with Crippen molar-refractivity contribution in [3.63, 3.8) is 0 Å². The minimum absolute atomic E-state index is 0.0847. The molecule has 1 saturated heterocycles. The third kappa shape index (κ3) is 4.47. The molecule has 0 spiro atoms. The second kappa shape index (κ2) is 8.18. The largest absolute Gasteiger partial charge is 0.492 e. The fourth-order valence-electron chi connectivity index (χ4n) is 2.78. The Balaban J connectivity index is 1.77. The smallest absolute Gasteiger partial charge is 0.239 e. The van der Waals surface area contributed by atoms with Crippen molar-refractivity contribution in [1.29, 1.82) is 0 Å². The number of hydrogen-bond donors (Lipinski definition) is 0. The molecule has 0 saturated carbocycles. The molecule has 0 radical (unpaired) electrons. The zero-order valence-electron chi connectivity index (χ0n) is 14.0. The van der Waals surface area contributed by atoms with Crippen LogP contribution in [-0.2, 0) is 4.79 Å². The lowest BCUT2D eigenvalue weighted by Gasteiger charge is -2.32. The van der Waals surface area contributed by atoms with Gasteiger partial charge in [-0.15, -0.1) is 0 Å². The Hall–Kier alpha value is -1.55.